The maximum Gasteiger partial charge on any atom is 0.243 e. The highest BCUT2D eigenvalue weighted by Gasteiger charge is 2.50. The molecule has 3 fully saturated rings. The number of hydrogen-bond acceptors (Lipinski definition) is 3. The van der Waals surface area contributed by atoms with Crippen molar-refractivity contribution in [2.45, 2.75) is 38.3 Å². The number of carbonyl (C=O) groups is 1. The van der Waals surface area contributed by atoms with Gasteiger partial charge in [-0.15, -0.1) is 0 Å². The Bertz CT molecular complexity index is 619. The van der Waals surface area contributed by atoms with E-state index in [0.717, 1.165) is 17.6 Å². The van der Waals surface area contributed by atoms with Crippen LogP contribution in [-0.2, 0) is 4.79 Å². The topological polar surface area (TPSA) is 35.9 Å². The summed E-state index contributed by atoms with van der Waals surface area (Å²) in [7, 11) is 0. The van der Waals surface area contributed by atoms with Gasteiger partial charge in [-0.1, -0.05) is 35.0 Å². The Kier molecular flexibility index (Phi) is 3.57. The van der Waals surface area contributed by atoms with E-state index >= 15 is 0 Å². The normalized spacial score (nSPS) is 32.8. The molecule has 0 unspecified atom stereocenters. The summed E-state index contributed by atoms with van der Waals surface area (Å²) in [5.74, 6) is 0.693. The maximum absolute atomic E-state index is 12.4. The Labute approximate surface area is 139 Å². The van der Waals surface area contributed by atoms with E-state index in [2.05, 4.69) is 45.1 Å². The van der Waals surface area contributed by atoms with Crippen LogP contribution in [0.5, 0.6) is 0 Å². The molecule has 1 aromatic rings. The highest BCUT2D eigenvalue weighted by molar-refractivity contribution is 9.10. The van der Waals surface area contributed by atoms with E-state index < -0.39 is 0 Å². The zero-order valence-electron chi connectivity index (χ0n) is 12.7. The molecule has 4 aliphatic rings. The van der Waals surface area contributed by atoms with Gasteiger partial charge in [-0.25, -0.2) is 5.01 Å². The molecule has 0 saturated carbocycles. The molecule has 5 heteroatoms. The third-order valence-electron chi connectivity index (χ3n) is 5.20. The first-order chi connectivity index (χ1) is 10.7. The van der Waals surface area contributed by atoms with Crippen LogP contribution in [0.15, 0.2) is 33.8 Å². The minimum atomic E-state index is 0.0404. The number of hydrazone groups is 1. The number of hydrogen-bond donors (Lipinski definition) is 0. The first kappa shape index (κ1) is 14.4. The molecule has 0 aromatic heterocycles. The van der Waals surface area contributed by atoms with E-state index in [1.165, 1.54) is 24.1 Å². The van der Waals surface area contributed by atoms with Gasteiger partial charge in [-0.3, -0.25) is 9.69 Å². The Morgan fingerprint density at radius 1 is 1.23 bits per heavy atom. The summed E-state index contributed by atoms with van der Waals surface area (Å²) in [5.41, 5.74) is 2.42. The second kappa shape index (κ2) is 5.46. The maximum atomic E-state index is 12.4. The second-order valence-corrected chi connectivity index (χ2v) is 7.28. The number of benzene rings is 1. The monoisotopic (exact) mass is 361 g/mol. The fraction of sp³-hybridized carbons (Fsp3) is 0.529. The number of halogens is 1. The molecular formula is C17H20BrN3O. The van der Waals surface area contributed by atoms with Crippen LogP contribution in [0.1, 0.15) is 37.8 Å². The number of amides is 1. The Morgan fingerprint density at radius 2 is 1.91 bits per heavy atom. The van der Waals surface area contributed by atoms with Crippen molar-refractivity contribution in [2.75, 3.05) is 13.1 Å². The number of piperidine rings is 3. The van der Waals surface area contributed by atoms with Gasteiger partial charge in [0, 0.05) is 16.8 Å². The molecule has 3 saturated heterocycles. The standard InChI is InChI=1S/C17H20BrN3O/c1-2-14(22)21-16(12-3-5-13(18)6-4-12)17-15(19-21)11-7-9-20(17)10-8-11/h3-6,11,16-17H,2,7-10H2,1H3/t16-,17-/m0/s1. The van der Waals surface area contributed by atoms with Gasteiger partial charge in [0.25, 0.3) is 0 Å². The average Bonchev–Trinajstić information content (AvgIpc) is 2.98. The number of carbonyl (C=O) groups excluding carboxylic acids is 1. The third-order valence-corrected chi connectivity index (χ3v) is 5.73. The molecule has 0 N–H and O–H groups in total. The van der Waals surface area contributed by atoms with Crippen molar-refractivity contribution in [3.05, 3.63) is 34.3 Å². The van der Waals surface area contributed by atoms with E-state index in [-0.39, 0.29) is 18.0 Å². The molecular weight excluding hydrogens is 342 g/mol. The van der Waals surface area contributed by atoms with Gasteiger partial charge >= 0.3 is 0 Å². The molecule has 4 aliphatic heterocycles. The molecule has 1 amide bonds. The van der Waals surface area contributed by atoms with E-state index in [4.69, 9.17) is 5.10 Å². The van der Waals surface area contributed by atoms with Gasteiger partial charge in [0.2, 0.25) is 5.91 Å². The largest absolute Gasteiger partial charge is 0.293 e. The number of nitrogens with zero attached hydrogens (tertiary/aromatic N) is 3. The number of rotatable bonds is 2. The summed E-state index contributed by atoms with van der Waals surface area (Å²) in [6.07, 6.45) is 2.88. The first-order valence-corrected chi connectivity index (χ1v) is 8.88. The molecule has 116 valence electrons. The lowest BCUT2D eigenvalue weighted by molar-refractivity contribution is -0.133. The summed E-state index contributed by atoms with van der Waals surface area (Å²) < 4.78 is 1.06. The minimum Gasteiger partial charge on any atom is -0.293 e. The summed E-state index contributed by atoms with van der Waals surface area (Å²) in [6.45, 7) is 4.18. The third kappa shape index (κ3) is 2.14. The Morgan fingerprint density at radius 3 is 2.55 bits per heavy atom. The van der Waals surface area contributed by atoms with Crippen LogP contribution in [0.3, 0.4) is 0 Å². The molecule has 2 atom stereocenters. The van der Waals surface area contributed by atoms with Gasteiger partial charge in [0.1, 0.15) is 6.04 Å². The van der Waals surface area contributed by atoms with Crippen LogP contribution in [0.25, 0.3) is 0 Å². The second-order valence-electron chi connectivity index (χ2n) is 6.37. The first-order valence-electron chi connectivity index (χ1n) is 8.09. The van der Waals surface area contributed by atoms with Crippen molar-refractivity contribution in [1.29, 1.82) is 0 Å². The predicted octanol–water partition coefficient (Wildman–Crippen LogP) is 3.19. The van der Waals surface area contributed by atoms with Crippen LogP contribution < -0.4 is 0 Å². The van der Waals surface area contributed by atoms with Gasteiger partial charge in [-0.2, -0.15) is 5.10 Å². The van der Waals surface area contributed by atoms with Crippen molar-refractivity contribution in [3.8, 4) is 0 Å². The van der Waals surface area contributed by atoms with E-state index in [9.17, 15) is 4.79 Å². The Balaban J connectivity index is 1.76. The molecule has 0 radical (unpaired) electrons. The lowest BCUT2D eigenvalue weighted by atomic mass is 9.78. The van der Waals surface area contributed by atoms with Crippen LogP contribution in [0.2, 0.25) is 0 Å². The molecule has 4 nitrogen and oxygen atoms in total. The summed E-state index contributed by atoms with van der Waals surface area (Å²) in [6, 6.07) is 8.67. The van der Waals surface area contributed by atoms with Crippen molar-refractivity contribution in [1.82, 2.24) is 9.91 Å². The molecule has 4 heterocycles. The van der Waals surface area contributed by atoms with Crippen molar-refractivity contribution in [2.24, 2.45) is 11.0 Å². The zero-order chi connectivity index (χ0) is 15.3. The molecule has 0 aliphatic carbocycles. The SMILES string of the molecule is CCC(=O)N1N=C2C3CCN(CC3)[C@@H]2[C@@H]1c1ccc(Br)cc1. The van der Waals surface area contributed by atoms with E-state index in [1.807, 2.05) is 6.92 Å². The quantitative estimate of drug-likeness (QED) is 0.810. The molecule has 22 heavy (non-hydrogen) atoms. The van der Waals surface area contributed by atoms with Gasteiger partial charge in [-0.05, 0) is 43.6 Å². The highest BCUT2D eigenvalue weighted by atomic mass is 79.9. The molecule has 1 aromatic carbocycles. The van der Waals surface area contributed by atoms with Gasteiger partial charge < -0.3 is 0 Å². The summed E-state index contributed by atoms with van der Waals surface area (Å²) >= 11 is 3.49. The molecule has 5 rings (SSSR count). The lowest BCUT2D eigenvalue weighted by Crippen LogP contribution is -2.56. The number of fused-ring (bicyclic) bond motifs is 2. The smallest absolute Gasteiger partial charge is 0.243 e. The fourth-order valence-corrected chi connectivity index (χ4v) is 4.35. The van der Waals surface area contributed by atoms with Crippen LogP contribution in [0.4, 0.5) is 0 Å². The van der Waals surface area contributed by atoms with E-state index in [0.29, 0.717) is 12.3 Å². The highest BCUT2D eigenvalue weighted by Crippen LogP contribution is 2.43. The van der Waals surface area contributed by atoms with Gasteiger partial charge in [0.05, 0.1) is 11.8 Å². The van der Waals surface area contributed by atoms with Crippen molar-refractivity contribution >= 4 is 27.5 Å². The molecule has 0 spiro atoms. The van der Waals surface area contributed by atoms with Gasteiger partial charge in [0.15, 0.2) is 0 Å². The lowest BCUT2D eigenvalue weighted by Gasteiger charge is -2.46. The average molecular weight is 362 g/mol. The Hall–Kier alpha value is -1.20. The van der Waals surface area contributed by atoms with E-state index in [1.54, 1.807) is 5.01 Å². The summed E-state index contributed by atoms with van der Waals surface area (Å²) in [5, 5.41) is 6.55. The zero-order valence-corrected chi connectivity index (χ0v) is 14.3. The van der Waals surface area contributed by atoms with Crippen LogP contribution in [0, 0.1) is 5.92 Å². The predicted molar refractivity (Wildman–Crippen MR) is 89.5 cm³/mol. The summed E-state index contributed by atoms with van der Waals surface area (Å²) in [4.78, 5) is 15.0. The van der Waals surface area contributed by atoms with Crippen LogP contribution >= 0.6 is 15.9 Å². The van der Waals surface area contributed by atoms with Crippen molar-refractivity contribution < 1.29 is 4.79 Å². The van der Waals surface area contributed by atoms with Crippen molar-refractivity contribution in [3.63, 3.8) is 0 Å². The fourth-order valence-electron chi connectivity index (χ4n) is 4.08. The molecule has 2 bridgehead atoms. The minimum absolute atomic E-state index is 0.0404. The van der Waals surface area contributed by atoms with Crippen LogP contribution in [-0.4, -0.2) is 40.7 Å².